The smallest absolute Gasteiger partial charge is 0.0281 e. The highest BCUT2D eigenvalue weighted by Crippen LogP contribution is 2.53. The normalized spacial score (nSPS) is 15.6. The highest BCUT2D eigenvalue weighted by atomic mass is 31.1. The van der Waals surface area contributed by atoms with Crippen LogP contribution in [0.4, 0.5) is 0 Å². The second kappa shape index (κ2) is 13.0. The molecule has 3 heteroatoms. The Bertz CT molecular complexity index is 1530. The first-order chi connectivity index (χ1) is 20.4. The van der Waals surface area contributed by atoms with Crippen molar-refractivity contribution < 1.29 is 0 Å². The quantitative estimate of drug-likeness (QED) is 0.182. The van der Waals surface area contributed by atoms with Crippen LogP contribution in [0, 0.1) is 61.3 Å². The zero-order valence-corrected chi connectivity index (χ0v) is 29.4. The molecule has 0 radical (unpaired) electrons. The SMILES string of the molecule is Cc1cc(C)cc(P(C2=CC=CC2[C@@H](C)N(C)P(c2cc(C)cc(C)c2)c2cc(C)cc(C)c2)c2cc(C)cc(C)c2)c1. The van der Waals surface area contributed by atoms with Crippen molar-refractivity contribution in [1.29, 1.82) is 0 Å². The molecule has 5 rings (SSSR count). The maximum Gasteiger partial charge on any atom is 0.0281 e. The minimum Gasteiger partial charge on any atom is -0.274 e. The van der Waals surface area contributed by atoms with Crippen molar-refractivity contribution >= 4 is 37.2 Å². The Labute approximate surface area is 263 Å². The molecule has 0 aliphatic heterocycles. The van der Waals surface area contributed by atoms with Crippen molar-refractivity contribution in [3.8, 4) is 0 Å². The van der Waals surface area contributed by atoms with Crippen LogP contribution in [0.1, 0.15) is 51.4 Å². The van der Waals surface area contributed by atoms with E-state index in [0.717, 1.165) is 0 Å². The van der Waals surface area contributed by atoms with E-state index in [0.29, 0.717) is 12.0 Å². The summed E-state index contributed by atoms with van der Waals surface area (Å²) in [5.41, 5.74) is 10.7. The second-order valence-corrected chi connectivity index (χ2v) is 17.4. The molecule has 0 amide bonds. The van der Waals surface area contributed by atoms with Crippen LogP contribution in [0.3, 0.4) is 0 Å². The molecule has 0 saturated carbocycles. The lowest BCUT2D eigenvalue weighted by Crippen LogP contribution is -2.37. The third-order valence-electron chi connectivity index (χ3n) is 8.44. The predicted octanol–water partition coefficient (Wildman–Crippen LogP) is 9.02. The molecule has 0 spiro atoms. The number of hydrogen-bond donors (Lipinski definition) is 0. The minimum absolute atomic E-state index is 0.319. The molecule has 0 fully saturated rings. The van der Waals surface area contributed by atoms with Crippen molar-refractivity contribution in [3.63, 3.8) is 0 Å². The molecular formula is C40H47NP2. The monoisotopic (exact) mass is 603 g/mol. The van der Waals surface area contributed by atoms with Gasteiger partial charge in [-0.15, -0.1) is 0 Å². The average Bonchev–Trinajstić information content (AvgIpc) is 3.35. The number of allylic oxidation sites excluding steroid dienone is 2. The van der Waals surface area contributed by atoms with Gasteiger partial charge in [-0.2, -0.15) is 0 Å². The standard InChI is InChI=1S/C40H47NP2/c1-26-14-27(2)19-35(18-26)42(36-20-28(3)15-29(4)21-36)40-13-11-12-39(40)34(9)41(10)43(37-22-30(5)16-31(6)23-37)38-24-32(7)17-33(8)25-38/h11-25,34,39H,1-10H3/t34-,39?/m1/s1. The van der Waals surface area contributed by atoms with E-state index in [1.807, 2.05) is 0 Å². The van der Waals surface area contributed by atoms with E-state index in [4.69, 9.17) is 0 Å². The van der Waals surface area contributed by atoms with Gasteiger partial charge in [0.25, 0.3) is 0 Å². The molecule has 43 heavy (non-hydrogen) atoms. The van der Waals surface area contributed by atoms with Crippen molar-refractivity contribution in [2.45, 2.75) is 68.4 Å². The Hall–Kier alpha value is -2.82. The van der Waals surface area contributed by atoms with Gasteiger partial charge in [-0.3, -0.25) is 4.67 Å². The molecule has 0 saturated heterocycles. The van der Waals surface area contributed by atoms with Gasteiger partial charge in [-0.25, -0.2) is 0 Å². The fraction of sp³-hybridized carbons (Fsp3) is 0.300. The molecule has 2 atom stereocenters. The van der Waals surface area contributed by atoms with Gasteiger partial charge < -0.3 is 0 Å². The molecule has 0 bridgehead atoms. The van der Waals surface area contributed by atoms with Crippen LogP contribution in [0.25, 0.3) is 0 Å². The van der Waals surface area contributed by atoms with E-state index in [9.17, 15) is 0 Å². The summed E-state index contributed by atoms with van der Waals surface area (Å²) in [5, 5.41) is 7.34. The first kappa shape index (κ1) is 31.6. The van der Waals surface area contributed by atoms with Crippen LogP contribution >= 0.6 is 16.0 Å². The van der Waals surface area contributed by atoms with E-state index in [1.54, 1.807) is 5.31 Å². The number of nitrogens with zero attached hydrogens (tertiary/aromatic N) is 1. The Kier molecular flexibility index (Phi) is 9.58. The van der Waals surface area contributed by atoms with Gasteiger partial charge >= 0.3 is 0 Å². The fourth-order valence-electron chi connectivity index (χ4n) is 6.80. The number of hydrogen-bond acceptors (Lipinski definition) is 1. The topological polar surface area (TPSA) is 3.24 Å². The van der Waals surface area contributed by atoms with Crippen molar-refractivity contribution in [1.82, 2.24) is 4.67 Å². The van der Waals surface area contributed by atoms with Gasteiger partial charge in [0.1, 0.15) is 0 Å². The average molecular weight is 604 g/mol. The molecule has 4 aromatic carbocycles. The summed E-state index contributed by atoms with van der Waals surface area (Å²) < 4.78 is 2.70. The molecule has 1 nitrogen and oxygen atoms in total. The van der Waals surface area contributed by atoms with Gasteiger partial charge in [-0.05, 0) is 128 Å². The van der Waals surface area contributed by atoms with Gasteiger partial charge in [0, 0.05) is 20.0 Å². The number of aryl methyl sites for hydroxylation is 8. The predicted molar refractivity (Wildman–Crippen MR) is 194 cm³/mol. The fourth-order valence-corrected chi connectivity index (χ4v) is 12.7. The zero-order chi connectivity index (χ0) is 31.0. The van der Waals surface area contributed by atoms with Crippen LogP contribution in [-0.2, 0) is 0 Å². The molecule has 0 aromatic heterocycles. The van der Waals surface area contributed by atoms with Crippen LogP contribution < -0.4 is 21.2 Å². The van der Waals surface area contributed by atoms with Gasteiger partial charge in [0.05, 0.1) is 0 Å². The Morgan fingerprint density at radius 1 is 0.512 bits per heavy atom. The molecule has 1 unspecified atom stereocenters. The van der Waals surface area contributed by atoms with Gasteiger partial charge in [0.2, 0.25) is 0 Å². The maximum atomic E-state index is 2.70. The lowest BCUT2D eigenvalue weighted by Gasteiger charge is -2.39. The molecule has 0 heterocycles. The van der Waals surface area contributed by atoms with E-state index in [1.165, 1.54) is 65.7 Å². The molecule has 1 aliphatic carbocycles. The first-order valence-corrected chi connectivity index (χ1v) is 18.1. The van der Waals surface area contributed by atoms with E-state index in [2.05, 4.69) is 165 Å². The number of rotatable bonds is 8. The molecule has 222 valence electrons. The Morgan fingerprint density at radius 2 is 0.837 bits per heavy atom. The van der Waals surface area contributed by atoms with Crippen molar-refractivity contribution in [2.75, 3.05) is 7.05 Å². The van der Waals surface area contributed by atoms with E-state index < -0.39 is 16.0 Å². The summed E-state index contributed by atoms with van der Waals surface area (Å²) >= 11 is 0. The third kappa shape index (κ3) is 7.13. The van der Waals surface area contributed by atoms with E-state index >= 15 is 0 Å². The van der Waals surface area contributed by atoms with Crippen molar-refractivity contribution in [2.24, 2.45) is 5.92 Å². The summed E-state index contributed by atoms with van der Waals surface area (Å²) in [4.78, 5) is 0. The summed E-state index contributed by atoms with van der Waals surface area (Å²) in [6.07, 6.45) is 7.22. The summed E-state index contributed by atoms with van der Waals surface area (Å²) in [7, 11) is 0.963. The first-order valence-electron chi connectivity index (χ1n) is 15.4. The molecule has 4 aromatic rings. The summed E-state index contributed by atoms with van der Waals surface area (Å²) in [6, 6.07) is 28.9. The number of benzene rings is 4. The molecular weight excluding hydrogens is 556 g/mol. The van der Waals surface area contributed by atoms with E-state index in [-0.39, 0.29) is 0 Å². The Balaban J connectivity index is 1.60. The van der Waals surface area contributed by atoms with Gasteiger partial charge in [0.15, 0.2) is 0 Å². The zero-order valence-electron chi connectivity index (χ0n) is 27.7. The van der Waals surface area contributed by atoms with Crippen molar-refractivity contribution in [3.05, 3.63) is 141 Å². The van der Waals surface area contributed by atoms with Crippen LogP contribution in [0.2, 0.25) is 0 Å². The summed E-state index contributed by atoms with van der Waals surface area (Å²) in [5.74, 6) is 0.333. The van der Waals surface area contributed by atoms with Gasteiger partial charge in [-0.1, -0.05) is 111 Å². The van der Waals surface area contributed by atoms with Crippen LogP contribution in [-0.4, -0.2) is 17.8 Å². The van der Waals surface area contributed by atoms with Crippen LogP contribution in [0.15, 0.2) is 96.3 Å². The third-order valence-corrected chi connectivity index (χ3v) is 13.4. The summed E-state index contributed by atoms with van der Waals surface area (Å²) in [6.45, 7) is 20.3. The highest BCUT2D eigenvalue weighted by Gasteiger charge is 2.35. The lowest BCUT2D eigenvalue weighted by atomic mass is 10.0. The minimum atomic E-state index is -0.720. The second-order valence-electron chi connectivity index (χ2n) is 12.8. The highest BCUT2D eigenvalue weighted by molar-refractivity contribution is 7.76. The molecule has 1 aliphatic rings. The maximum absolute atomic E-state index is 2.70. The largest absolute Gasteiger partial charge is 0.274 e. The molecule has 0 N–H and O–H groups in total. The van der Waals surface area contributed by atoms with Crippen LogP contribution in [0.5, 0.6) is 0 Å². The Morgan fingerprint density at radius 3 is 1.19 bits per heavy atom. The lowest BCUT2D eigenvalue weighted by molar-refractivity contribution is 0.380.